The zero-order chi connectivity index (χ0) is 104. The summed E-state index contributed by atoms with van der Waals surface area (Å²) in [6.45, 7) is 18.1. The summed E-state index contributed by atoms with van der Waals surface area (Å²) in [6.07, 6.45) is -52.5. The van der Waals surface area contributed by atoms with Gasteiger partial charge in [0.2, 0.25) is 18.1 Å². The van der Waals surface area contributed by atoms with Crippen LogP contribution in [-0.2, 0) is 106 Å². The van der Waals surface area contributed by atoms with Gasteiger partial charge in [-0.05, 0) is 128 Å². The van der Waals surface area contributed by atoms with Crippen molar-refractivity contribution in [2.75, 3.05) is 52.9 Å². The lowest BCUT2D eigenvalue weighted by molar-refractivity contribution is -0.380. The van der Waals surface area contributed by atoms with Crippen LogP contribution in [-0.4, -0.2) is 423 Å². The molecule has 0 spiro atoms. The standard InChI is InChI=1S/C99H158N2O42/c1-13-44(3)53(100-64(111)31-50(108)29-55(45(4)14-2)133-87-74(120)69(115)58(36-104)135-87)28-49(107)30-65(112)101-66-56(34-102)134-90(81(70(66)116)141-86-76(122)72(118)79(47(6)132-86)139-85-77(123)80(140-91-83(124)98(126,42-106)43-131-91)59(40-130-85)127-38-48-18-16-15-17-19-48)143-92(125)99-27-26-93(7,8)32-52(99)51-20-21-61-94(9)24-23-63(95(10,41-105)60(94)22-25-96(61,11)97(51,12)33-62(99)110)137-89-82(142-88-75(121)71(117)68(114)57(35-103)136-88)78(46(5)37-128-89)138-84-73(119)67(113)54(109)39-129-84/h15-20,41,44-47,49-50,52-63,66-91,102-104,106-110,113-124,126H,13-14,21-40,42-43H2,1-12H3,(H,100,111)(H,101,112)/t44-,45-,46+,47?,49-,50-,52?,53-,54+,55-,56?,57?,58+,59+,60+,61?,62?,63-,66-,67-,68-,69?,70?,71-,72?,73?,74?,75?,76?,77?,78-,79-,80?,81?,82?,83+,84-,85-,86-,87+,88-,89-,90-,91-,94?,95+,96-,97+,98?,99+/m0/s1. The lowest BCUT2D eigenvalue weighted by Gasteiger charge is -2.71. The molecule has 4 saturated carbocycles. The smallest absolute Gasteiger partial charge is 0.317 e. The van der Waals surface area contributed by atoms with Crippen LogP contribution < -0.4 is 10.6 Å². The van der Waals surface area contributed by atoms with E-state index >= 15 is 4.79 Å². The molecule has 13 aliphatic rings. The Morgan fingerprint density at radius 1 is 0.545 bits per heavy atom. The van der Waals surface area contributed by atoms with E-state index in [2.05, 4.69) is 51.3 Å². The van der Waals surface area contributed by atoms with Crippen LogP contribution in [0, 0.1) is 68.0 Å². The van der Waals surface area contributed by atoms with E-state index in [4.69, 9.17) is 80.5 Å². The molecule has 0 radical (unpaired) electrons. The molecule has 816 valence electrons. The van der Waals surface area contributed by atoms with E-state index in [1.54, 1.807) is 44.2 Å². The van der Waals surface area contributed by atoms with Crippen molar-refractivity contribution in [2.45, 2.75) is 425 Å². The highest BCUT2D eigenvalue weighted by Crippen LogP contribution is 2.76. The number of fused-ring (bicyclic) bond motifs is 7. The number of hydrogen-bond donors (Lipinski definition) is 23. The van der Waals surface area contributed by atoms with Crippen LogP contribution in [0.15, 0.2) is 42.0 Å². The van der Waals surface area contributed by atoms with Crippen molar-refractivity contribution in [3.63, 3.8) is 0 Å². The molecule has 8 heterocycles. The zero-order valence-corrected chi connectivity index (χ0v) is 83.4. The summed E-state index contributed by atoms with van der Waals surface area (Å²) in [5.74, 6) is -5.20. The lowest BCUT2D eigenvalue weighted by Crippen LogP contribution is -2.70. The summed E-state index contributed by atoms with van der Waals surface area (Å²) in [4.78, 5) is 59.5. The summed E-state index contributed by atoms with van der Waals surface area (Å²) in [6, 6.07) is 6.36. The predicted octanol–water partition coefficient (Wildman–Crippen LogP) is -3.52. The average Bonchev–Trinajstić information content (AvgIpc) is 0.832. The number of ether oxygens (including phenoxy) is 17. The lowest BCUT2D eigenvalue weighted by atomic mass is 9.33. The summed E-state index contributed by atoms with van der Waals surface area (Å²) in [5, 5.41) is 242. The van der Waals surface area contributed by atoms with Gasteiger partial charge in [0.05, 0.1) is 126 Å². The molecule has 44 nitrogen and oxygen atoms in total. The molecule has 19 unspecified atom stereocenters. The molecular formula is C99H158N2O42. The number of carbonyl (C=O) groups excluding carboxylic acids is 4. The van der Waals surface area contributed by atoms with Gasteiger partial charge in [-0.1, -0.05) is 131 Å². The Morgan fingerprint density at radius 2 is 1.13 bits per heavy atom. The van der Waals surface area contributed by atoms with Gasteiger partial charge in [-0.15, -0.1) is 0 Å². The summed E-state index contributed by atoms with van der Waals surface area (Å²) in [7, 11) is 0. The Labute approximate surface area is 831 Å². The molecule has 44 heteroatoms. The quantitative estimate of drug-likeness (QED) is 0.0132. The van der Waals surface area contributed by atoms with E-state index in [1.807, 2.05) is 27.7 Å². The van der Waals surface area contributed by atoms with E-state index in [9.17, 15) is 122 Å². The minimum Gasteiger partial charge on any atom is -0.432 e. The van der Waals surface area contributed by atoms with Gasteiger partial charge in [0.1, 0.15) is 139 Å². The molecule has 0 aromatic heterocycles. The fourth-order valence-corrected chi connectivity index (χ4v) is 25.3. The number of amides is 2. The monoisotopic (exact) mass is 2050 g/mol. The normalized spacial score (nSPS) is 46.9. The third kappa shape index (κ3) is 22.9. The Morgan fingerprint density at radius 3 is 1.80 bits per heavy atom. The van der Waals surface area contributed by atoms with E-state index in [0.717, 1.165) is 11.9 Å². The first-order valence-electron chi connectivity index (χ1n) is 50.9. The van der Waals surface area contributed by atoms with E-state index in [-0.39, 0.29) is 69.7 Å². The highest BCUT2D eigenvalue weighted by atomic mass is 16.8. The van der Waals surface area contributed by atoms with Crippen molar-refractivity contribution in [2.24, 2.45) is 68.0 Å². The highest BCUT2D eigenvalue weighted by molar-refractivity contribution is 5.80. The van der Waals surface area contributed by atoms with Crippen molar-refractivity contribution in [3.8, 4) is 0 Å². The predicted molar refractivity (Wildman–Crippen MR) is 489 cm³/mol. The van der Waals surface area contributed by atoms with Crippen LogP contribution in [0.5, 0.6) is 0 Å². The second-order valence-electron chi connectivity index (χ2n) is 44.6. The van der Waals surface area contributed by atoms with Crippen molar-refractivity contribution in [1.29, 1.82) is 0 Å². The van der Waals surface area contributed by atoms with E-state index in [1.165, 1.54) is 6.92 Å². The molecule has 8 aliphatic heterocycles. The second-order valence-corrected chi connectivity index (χ2v) is 44.6. The molecular weight excluding hydrogens is 1890 g/mol. The average molecular weight is 2050 g/mol. The molecule has 1 aromatic carbocycles. The summed E-state index contributed by atoms with van der Waals surface area (Å²) >= 11 is 0. The van der Waals surface area contributed by atoms with Crippen LogP contribution in [0.4, 0.5) is 0 Å². The Kier molecular flexibility index (Phi) is 37.2. The van der Waals surface area contributed by atoms with Gasteiger partial charge < -0.3 is 203 Å². The maximum absolute atomic E-state index is 16.5. The Balaban J connectivity index is 0.713. The highest BCUT2D eigenvalue weighted by Gasteiger charge is 2.74. The number of nitrogens with one attached hydrogen (secondary N) is 2. The Hall–Kier alpha value is -4.44. The third-order valence-electron chi connectivity index (χ3n) is 34.8. The van der Waals surface area contributed by atoms with E-state index < -0.39 is 359 Å². The van der Waals surface area contributed by atoms with Crippen molar-refractivity contribution >= 4 is 24.1 Å². The SMILES string of the molecule is CC[C@H](C)[C@H](C[C@H](O)CC(=O)N[C@H]1C(CO)O[C@@H](OC(=O)[C@]23CCC(C)(C)CC2C2=CCC4C5(C)CC[C@H](O[C@@H]6OC[C@@H](C)[C@H](O[C@@H]7OC[C@@H](O)[C@H](O)C7O)C6O[C@@H]6OC(CO)[C@H](O)[C@H](O)C6O)[C@](C)(C=O)[C@@H]5CC[C@]4(C)[C@]2(C)CC3O)C(O[C@@H]2OC(C)[C@H](O[C@@H]3OC[C@@H](OCc4ccccc4)C(O[C@@H]4OCC(O)(CO)[C@@H]4O)C3O)C(O)C2O)C1O)NC(=O)C[C@@H](O)C[C@H](O[C@@H]1O[C@H](CO)C(O)C1O)[C@@H](C)CC. The van der Waals surface area contributed by atoms with Gasteiger partial charge in [0.15, 0.2) is 50.1 Å². The molecule has 2 amide bonds. The van der Waals surface area contributed by atoms with Gasteiger partial charge in [0.25, 0.3) is 0 Å². The number of esters is 1. The van der Waals surface area contributed by atoms with Gasteiger partial charge in [0, 0.05) is 18.4 Å². The molecule has 5 aliphatic carbocycles. The van der Waals surface area contributed by atoms with Crippen LogP contribution in [0.1, 0.15) is 185 Å². The summed E-state index contributed by atoms with van der Waals surface area (Å²) in [5.41, 5.74) is -6.39. The van der Waals surface area contributed by atoms with Gasteiger partial charge in [-0.25, -0.2) is 0 Å². The van der Waals surface area contributed by atoms with Crippen molar-refractivity contribution < 1.29 is 207 Å². The number of aliphatic hydroxyl groups is 21. The molecule has 1 aromatic rings. The number of benzene rings is 1. The van der Waals surface area contributed by atoms with Gasteiger partial charge >= 0.3 is 5.97 Å². The first-order valence-corrected chi connectivity index (χ1v) is 50.9. The first-order chi connectivity index (χ1) is 67.6. The fraction of sp³-hybridized carbons (Fsp3) is 0.879. The number of allylic oxidation sites excluding steroid dienone is 2. The zero-order valence-electron chi connectivity index (χ0n) is 83.4. The summed E-state index contributed by atoms with van der Waals surface area (Å²) < 4.78 is 106. The third-order valence-corrected chi connectivity index (χ3v) is 34.8. The van der Waals surface area contributed by atoms with Crippen LogP contribution in [0.3, 0.4) is 0 Å². The van der Waals surface area contributed by atoms with Gasteiger partial charge in [-0.2, -0.15) is 0 Å². The molecule has 23 N–H and O–H groups in total. The second kappa shape index (κ2) is 46.6. The molecule has 143 heavy (non-hydrogen) atoms. The topological polar surface area (TPSA) is 674 Å². The minimum absolute atomic E-state index is 0.0112. The number of hydrogen-bond acceptors (Lipinski definition) is 42. The maximum atomic E-state index is 16.5. The van der Waals surface area contributed by atoms with Crippen molar-refractivity contribution in [3.05, 3.63) is 47.5 Å². The van der Waals surface area contributed by atoms with Crippen LogP contribution >= 0.6 is 0 Å². The van der Waals surface area contributed by atoms with Crippen molar-refractivity contribution in [1.82, 2.24) is 10.6 Å². The molecule has 50 atom stereocenters. The largest absolute Gasteiger partial charge is 0.432 e. The number of rotatable bonds is 38. The maximum Gasteiger partial charge on any atom is 0.317 e. The van der Waals surface area contributed by atoms with E-state index in [0.29, 0.717) is 56.9 Å². The first kappa shape index (κ1) is 114. The minimum atomic E-state index is -2.20. The molecule has 0 bridgehead atoms. The molecule has 12 fully saturated rings. The fourth-order valence-electron chi connectivity index (χ4n) is 25.3. The van der Waals surface area contributed by atoms with Crippen LogP contribution in [0.2, 0.25) is 0 Å². The molecule has 14 rings (SSSR count). The number of aliphatic hydroxyl groups excluding tert-OH is 20. The van der Waals surface area contributed by atoms with Crippen LogP contribution in [0.25, 0.3) is 0 Å². The van der Waals surface area contributed by atoms with Gasteiger partial charge in [-0.3, -0.25) is 14.4 Å². The molecule has 8 saturated heterocycles. The number of aldehydes is 1. The Bertz CT molecular complexity index is 4350. The number of carbonyl (C=O) groups is 4.